The van der Waals surface area contributed by atoms with E-state index in [9.17, 15) is 19.1 Å². The first-order valence-electron chi connectivity index (χ1n) is 13.5. The first-order chi connectivity index (χ1) is 19.6. The van der Waals surface area contributed by atoms with Crippen molar-refractivity contribution in [2.75, 3.05) is 32.0 Å². The van der Waals surface area contributed by atoms with Crippen molar-refractivity contribution >= 4 is 38.9 Å². The molecule has 2 aliphatic heterocycles. The lowest BCUT2D eigenvalue weighted by Crippen LogP contribution is -2.44. The van der Waals surface area contributed by atoms with Gasteiger partial charge < -0.3 is 24.7 Å². The molecule has 3 fully saturated rings. The number of pyridine rings is 1. The number of fused-ring (bicyclic) bond motifs is 5. The van der Waals surface area contributed by atoms with Crippen LogP contribution in [0.3, 0.4) is 0 Å². The third-order valence-electron chi connectivity index (χ3n) is 8.52. The summed E-state index contributed by atoms with van der Waals surface area (Å²) in [5, 5.41) is 13.8. The predicted octanol–water partition coefficient (Wildman–Crippen LogP) is 3.60. The fourth-order valence-electron chi connectivity index (χ4n) is 6.53. The molecule has 0 radical (unpaired) electrons. The maximum atomic E-state index is 14.3. The van der Waals surface area contributed by atoms with E-state index in [1.54, 1.807) is 17.8 Å². The van der Waals surface area contributed by atoms with Gasteiger partial charge in [0.25, 0.3) is 5.56 Å². The van der Waals surface area contributed by atoms with E-state index in [1.807, 2.05) is 0 Å². The summed E-state index contributed by atoms with van der Waals surface area (Å²) in [7, 11) is 3.24. The van der Waals surface area contributed by atoms with Crippen LogP contribution in [-0.4, -0.2) is 66.1 Å². The Labute approximate surface area is 243 Å². The van der Waals surface area contributed by atoms with E-state index in [2.05, 4.69) is 35.5 Å². The Morgan fingerprint density at radius 1 is 1.24 bits per heavy atom. The summed E-state index contributed by atoms with van der Waals surface area (Å²) in [6, 6.07) is 4.54. The number of nitrogens with two attached hydrogens (primary N) is 1. The summed E-state index contributed by atoms with van der Waals surface area (Å²) >= 11 is 3.32. The van der Waals surface area contributed by atoms with Crippen LogP contribution in [0.1, 0.15) is 36.0 Å². The van der Waals surface area contributed by atoms with E-state index in [0.29, 0.717) is 46.5 Å². The third-order valence-corrected chi connectivity index (χ3v) is 9.13. The van der Waals surface area contributed by atoms with Crippen molar-refractivity contribution in [2.45, 2.75) is 31.2 Å². The standard InChI is InChI=1S/C28H31BrFN7O4/c1-34-14-17(26(39)40)9-18(24(34)38)19-12-32-35(2)25(19)41-8-7-36-13-16-3-5-28(15-36,6-4-16)37-23-10-20(29)21(30)11-22(23)33-27(37)31/h9-12,14,16H,3-8,13,15H2,1-2H3,(H2,31,33)(H,39,40). The number of nitrogen functional groups attached to an aromatic ring is 1. The molecule has 41 heavy (non-hydrogen) atoms. The molecule has 2 saturated heterocycles. The molecule has 7 rings (SSSR count). The number of carbonyl (C=O) groups is 1. The molecule has 1 aromatic carbocycles. The lowest BCUT2D eigenvalue weighted by atomic mass is 9.78. The van der Waals surface area contributed by atoms with Gasteiger partial charge in [0.2, 0.25) is 11.8 Å². The summed E-state index contributed by atoms with van der Waals surface area (Å²) in [6.07, 6.45) is 6.85. The molecule has 4 aromatic rings. The lowest BCUT2D eigenvalue weighted by Gasteiger charge is -2.40. The van der Waals surface area contributed by atoms with Gasteiger partial charge in [0.15, 0.2) is 0 Å². The van der Waals surface area contributed by atoms with Crippen LogP contribution in [0.4, 0.5) is 10.3 Å². The topological polar surface area (TPSA) is 133 Å². The molecule has 1 saturated carbocycles. The number of carboxylic acid groups (broad SMARTS) is 1. The van der Waals surface area contributed by atoms with Gasteiger partial charge in [-0.1, -0.05) is 0 Å². The van der Waals surface area contributed by atoms with Crippen molar-refractivity contribution < 1.29 is 19.0 Å². The van der Waals surface area contributed by atoms with Crippen molar-refractivity contribution in [1.29, 1.82) is 0 Å². The second-order valence-corrected chi connectivity index (χ2v) is 12.0. The molecule has 11 nitrogen and oxygen atoms in total. The number of nitrogens with zero attached hydrogens (tertiary/aromatic N) is 6. The number of ether oxygens (including phenoxy) is 1. The molecule has 0 amide bonds. The van der Waals surface area contributed by atoms with Gasteiger partial charge in [-0.3, -0.25) is 9.69 Å². The second-order valence-electron chi connectivity index (χ2n) is 11.2. The monoisotopic (exact) mass is 627 g/mol. The minimum absolute atomic E-state index is 0.00306. The number of benzene rings is 1. The van der Waals surface area contributed by atoms with Crippen LogP contribution in [0.5, 0.6) is 5.88 Å². The van der Waals surface area contributed by atoms with E-state index < -0.39 is 5.97 Å². The summed E-state index contributed by atoms with van der Waals surface area (Å²) in [6.45, 7) is 2.64. The number of rotatable bonds is 7. The Bertz CT molecular complexity index is 1720. The van der Waals surface area contributed by atoms with Gasteiger partial charge in [0.1, 0.15) is 12.4 Å². The van der Waals surface area contributed by atoms with Crippen LogP contribution >= 0.6 is 15.9 Å². The number of imidazole rings is 1. The van der Waals surface area contributed by atoms with E-state index in [0.717, 1.165) is 44.3 Å². The highest BCUT2D eigenvalue weighted by molar-refractivity contribution is 9.10. The first-order valence-corrected chi connectivity index (χ1v) is 14.3. The van der Waals surface area contributed by atoms with Crippen LogP contribution in [0, 0.1) is 11.7 Å². The number of carboxylic acids is 1. The maximum Gasteiger partial charge on any atom is 0.337 e. The molecule has 3 N–H and O–H groups in total. The predicted molar refractivity (Wildman–Crippen MR) is 155 cm³/mol. The summed E-state index contributed by atoms with van der Waals surface area (Å²) in [5.74, 6) is -0.153. The second kappa shape index (κ2) is 10.3. The molecular weight excluding hydrogens is 597 g/mol. The molecule has 3 aliphatic rings. The SMILES string of the molecule is Cn1ncc(-c2cc(C(=O)O)cn(C)c2=O)c1OCCN1CC2CCC(n3c(N)nc4cc(F)c(Br)cc43)(CC2)C1. The Kier molecular flexibility index (Phi) is 6.89. The quantitative estimate of drug-likeness (QED) is 0.317. The van der Waals surface area contributed by atoms with Gasteiger partial charge in [0, 0.05) is 46.0 Å². The third kappa shape index (κ3) is 4.80. The van der Waals surface area contributed by atoms with Gasteiger partial charge in [-0.05, 0) is 59.7 Å². The highest BCUT2D eigenvalue weighted by atomic mass is 79.9. The molecule has 216 valence electrons. The average molecular weight is 629 g/mol. The summed E-state index contributed by atoms with van der Waals surface area (Å²) in [5.41, 5.74) is 7.87. The minimum Gasteiger partial charge on any atom is -0.478 e. The highest BCUT2D eigenvalue weighted by Gasteiger charge is 2.44. The Morgan fingerprint density at radius 2 is 2.00 bits per heavy atom. The normalized spacial score (nSPS) is 20.9. The molecule has 3 aromatic heterocycles. The van der Waals surface area contributed by atoms with Gasteiger partial charge in [0.05, 0.1) is 43.9 Å². The van der Waals surface area contributed by atoms with E-state index in [1.165, 1.54) is 36.1 Å². The number of aromatic carboxylic acids is 1. The smallest absolute Gasteiger partial charge is 0.337 e. The average Bonchev–Trinajstić information content (AvgIpc) is 3.31. The zero-order chi connectivity index (χ0) is 29.1. The molecular formula is C28H31BrFN7O4. The van der Waals surface area contributed by atoms with Crippen molar-refractivity contribution in [2.24, 2.45) is 20.0 Å². The molecule has 13 heteroatoms. The van der Waals surface area contributed by atoms with Crippen molar-refractivity contribution in [1.82, 2.24) is 28.8 Å². The number of anilines is 1. The van der Waals surface area contributed by atoms with Crippen LogP contribution in [0.2, 0.25) is 0 Å². The number of aromatic nitrogens is 5. The molecule has 0 unspecified atom stereocenters. The van der Waals surface area contributed by atoms with Crippen LogP contribution < -0.4 is 16.0 Å². The number of aryl methyl sites for hydroxylation is 2. The van der Waals surface area contributed by atoms with Gasteiger partial charge >= 0.3 is 5.97 Å². The maximum absolute atomic E-state index is 14.3. The zero-order valence-corrected chi connectivity index (χ0v) is 24.4. The largest absolute Gasteiger partial charge is 0.478 e. The fraction of sp³-hybridized carbons (Fsp3) is 0.429. The summed E-state index contributed by atoms with van der Waals surface area (Å²) in [4.78, 5) is 31.4. The molecule has 1 aliphatic carbocycles. The minimum atomic E-state index is -1.12. The molecule has 5 heterocycles. The first kappa shape index (κ1) is 27.5. The number of hydrogen-bond donors (Lipinski definition) is 2. The van der Waals surface area contributed by atoms with Crippen LogP contribution in [0.25, 0.3) is 22.2 Å². The highest BCUT2D eigenvalue weighted by Crippen LogP contribution is 2.45. The zero-order valence-electron chi connectivity index (χ0n) is 22.8. The van der Waals surface area contributed by atoms with E-state index >= 15 is 0 Å². The number of hydrogen-bond acceptors (Lipinski definition) is 7. The Morgan fingerprint density at radius 3 is 2.73 bits per heavy atom. The fourth-order valence-corrected chi connectivity index (χ4v) is 6.86. The van der Waals surface area contributed by atoms with Crippen molar-refractivity contribution in [3.63, 3.8) is 0 Å². The van der Waals surface area contributed by atoms with Crippen molar-refractivity contribution in [3.8, 4) is 17.0 Å². The van der Waals surface area contributed by atoms with Gasteiger partial charge in [-0.25, -0.2) is 18.9 Å². The Balaban J connectivity index is 1.25. The summed E-state index contributed by atoms with van der Waals surface area (Å²) < 4.78 is 25.7. The number of halogens is 2. The van der Waals surface area contributed by atoms with Crippen molar-refractivity contribution in [3.05, 3.63) is 56.8 Å². The van der Waals surface area contributed by atoms with Gasteiger partial charge in [-0.2, -0.15) is 5.10 Å². The van der Waals surface area contributed by atoms with E-state index in [-0.39, 0.29) is 28.0 Å². The van der Waals surface area contributed by atoms with Crippen LogP contribution in [-0.2, 0) is 19.6 Å². The Hall–Kier alpha value is -3.71. The van der Waals surface area contributed by atoms with E-state index in [4.69, 9.17) is 10.5 Å². The molecule has 2 bridgehead atoms. The van der Waals surface area contributed by atoms with Crippen LogP contribution in [0.15, 0.2) is 39.9 Å². The lowest BCUT2D eigenvalue weighted by molar-refractivity contribution is 0.0696. The molecule has 0 spiro atoms. The molecule has 0 atom stereocenters. The van der Waals surface area contributed by atoms with Gasteiger partial charge in [-0.15, -0.1) is 0 Å².